The van der Waals surface area contributed by atoms with Crippen LogP contribution in [0.25, 0.3) is 5.69 Å². The SMILES string of the molecule is Cc1nnc(C(N)C(C)(C)C)n1-c1ccccc1. The van der Waals surface area contributed by atoms with Crippen LogP contribution in [0.2, 0.25) is 0 Å². The quantitative estimate of drug-likeness (QED) is 0.883. The fourth-order valence-corrected chi connectivity index (χ4v) is 1.86. The van der Waals surface area contributed by atoms with Crippen molar-refractivity contribution in [1.82, 2.24) is 14.8 Å². The Morgan fingerprint density at radius 1 is 1.11 bits per heavy atom. The van der Waals surface area contributed by atoms with Crippen molar-refractivity contribution in [2.75, 3.05) is 0 Å². The van der Waals surface area contributed by atoms with Crippen LogP contribution in [0, 0.1) is 12.3 Å². The van der Waals surface area contributed by atoms with E-state index in [4.69, 9.17) is 5.73 Å². The molecule has 2 N–H and O–H groups in total. The molecule has 1 aromatic heterocycles. The maximum atomic E-state index is 6.30. The molecule has 0 radical (unpaired) electrons. The zero-order valence-electron chi connectivity index (χ0n) is 11.4. The van der Waals surface area contributed by atoms with Gasteiger partial charge in [-0.2, -0.15) is 0 Å². The largest absolute Gasteiger partial charge is 0.321 e. The van der Waals surface area contributed by atoms with Crippen molar-refractivity contribution in [3.63, 3.8) is 0 Å². The van der Waals surface area contributed by atoms with Crippen LogP contribution in [0.15, 0.2) is 30.3 Å². The molecule has 1 atom stereocenters. The van der Waals surface area contributed by atoms with Gasteiger partial charge in [-0.1, -0.05) is 39.0 Å². The van der Waals surface area contributed by atoms with Gasteiger partial charge in [-0.15, -0.1) is 10.2 Å². The zero-order valence-corrected chi connectivity index (χ0v) is 11.4. The summed E-state index contributed by atoms with van der Waals surface area (Å²) in [5.74, 6) is 1.67. The number of hydrogen-bond acceptors (Lipinski definition) is 3. The highest BCUT2D eigenvalue weighted by atomic mass is 15.3. The molecular formula is C14H20N4. The Balaban J connectivity index is 2.53. The molecule has 0 spiro atoms. The maximum absolute atomic E-state index is 6.30. The summed E-state index contributed by atoms with van der Waals surface area (Å²) in [5, 5.41) is 8.41. The van der Waals surface area contributed by atoms with Crippen LogP contribution in [0.4, 0.5) is 0 Å². The van der Waals surface area contributed by atoms with E-state index in [-0.39, 0.29) is 11.5 Å². The standard InChI is InChI=1S/C14H20N4/c1-10-16-17-13(12(15)14(2,3)4)18(10)11-8-6-5-7-9-11/h5-9,12H,15H2,1-4H3. The molecule has 0 aliphatic heterocycles. The number of nitrogens with two attached hydrogens (primary N) is 1. The lowest BCUT2D eigenvalue weighted by Gasteiger charge is -2.26. The number of nitrogens with zero attached hydrogens (tertiary/aromatic N) is 3. The van der Waals surface area contributed by atoms with Gasteiger partial charge in [0.2, 0.25) is 0 Å². The summed E-state index contributed by atoms with van der Waals surface area (Å²) in [6.07, 6.45) is 0. The Morgan fingerprint density at radius 2 is 1.72 bits per heavy atom. The van der Waals surface area contributed by atoms with Crippen LogP contribution in [-0.4, -0.2) is 14.8 Å². The Morgan fingerprint density at radius 3 is 2.28 bits per heavy atom. The van der Waals surface area contributed by atoms with Gasteiger partial charge in [0.15, 0.2) is 5.82 Å². The first-order valence-corrected chi connectivity index (χ1v) is 6.14. The third-order valence-electron chi connectivity index (χ3n) is 3.08. The molecule has 1 unspecified atom stereocenters. The van der Waals surface area contributed by atoms with Crippen molar-refractivity contribution in [2.24, 2.45) is 11.1 Å². The summed E-state index contributed by atoms with van der Waals surface area (Å²) in [4.78, 5) is 0. The van der Waals surface area contributed by atoms with Crippen molar-refractivity contribution in [2.45, 2.75) is 33.7 Å². The van der Waals surface area contributed by atoms with Crippen LogP contribution < -0.4 is 5.73 Å². The van der Waals surface area contributed by atoms with Crippen LogP contribution in [0.3, 0.4) is 0 Å². The summed E-state index contributed by atoms with van der Waals surface area (Å²) < 4.78 is 2.02. The van der Waals surface area contributed by atoms with Crippen molar-refractivity contribution >= 4 is 0 Å². The first kappa shape index (κ1) is 12.8. The average Bonchev–Trinajstić information content (AvgIpc) is 2.70. The second-order valence-corrected chi connectivity index (χ2v) is 5.62. The molecule has 0 saturated heterocycles. The minimum atomic E-state index is -0.154. The molecule has 4 nitrogen and oxygen atoms in total. The van der Waals surface area contributed by atoms with Crippen LogP contribution in [0.5, 0.6) is 0 Å². The molecule has 1 aromatic carbocycles. The van der Waals surface area contributed by atoms with Gasteiger partial charge >= 0.3 is 0 Å². The highest BCUT2D eigenvalue weighted by Crippen LogP contribution is 2.30. The van der Waals surface area contributed by atoms with Crippen LogP contribution in [-0.2, 0) is 0 Å². The van der Waals surface area contributed by atoms with Gasteiger partial charge in [-0.3, -0.25) is 4.57 Å². The minimum Gasteiger partial charge on any atom is -0.321 e. The predicted molar refractivity (Wildman–Crippen MR) is 72.5 cm³/mol. The number of hydrogen-bond donors (Lipinski definition) is 1. The number of aryl methyl sites for hydroxylation is 1. The van der Waals surface area contributed by atoms with E-state index >= 15 is 0 Å². The molecule has 1 heterocycles. The molecule has 4 heteroatoms. The molecule has 0 amide bonds. The third kappa shape index (κ3) is 2.29. The fraction of sp³-hybridized carbons (Fsp3) is 0.429. The molecule has 18 heavy (non-hydrogen) atoms. The van der Waals surface area contributed by atoms with E-state index in [2.05, 4.69) is 31.0 Å². The van der Waals surface area contributed by atoms with E-state index in [0.29, 0.717) is 0 Å². The summed E-state index contributed by atoms with van der Waals surface area (Å²) >= 11 is 0. The Hall–Kier alpha value is -1.68. The topological polar surface area (TPSA) is 56.7 Å². The zero-order chi connectivity index (χ0) is 13.3. The number of aromatic nitrogens is 3. The van der Waals surface area contributed by atoms with E-state index in [1.807, 2.05) is 41.8 Å². The molecule has 0 aliphatic carbocycles. The van der Waals surface area contributed by atoms with Gasteiger partial charge in [-0.05, 0) is 24.5 Å². The first-order chi connectivity index (χ1) is 8.41. The van der Waals surface area contributed by atoms with Crippen molar-refractivity contribution < 1.29 is 0 Å². The maximum Gasteiger partial charge on any atom is 0.155 e. The summed E-state index contributed by atoms with van der Waals surface area (Å²) in [5.41, 5.74) is 7.30. The highest BCUT2D eigenvalue weighted by molar-refractivity contribution is 5.34. The predicted octanol–water partition coefficient (Wildman–Crippen LogP) is 2.62. The van der Waals surface area contributed by atoms with Gasteiger partial charge in [-0.25, -0.2) is 0 Å². The molecular weight excluding hydrogens is 224 g/mol. The van der Waals surface area contributed by atoms with Gasteiger partial charge in [0.05, 0.1) is 6.04 Å². The lowest BCUT2D eigenvalue weighted by Crippen LogP contribution is -2.29. The molecule has 96 valence electrons. The molecule has 0 aliphatic rings. The summed E-state index contributed by atoms with van der Waals surface area (Å²) in [6, 6.07) is 9.92. The number of para-hydroxylation sites is 1. The first-order valence-electron chi connectivity index (χ1n) is 6.14. The van der Waals surface area contributed by atoms with Crippen molar-refractivity contribution in [3.8, 4) is 5.69 Å². The number of benzene rings is 1. The van der Waals surface area contributed by atoms with Gasteiger partial charge in [0, 0.05) is 5.69 Å². The van der Waals surface area contributed by atoms with E-state index in [9.17, 15) is 0 Å². The Labute approximate surface area is 108 Å². The fourth-order valence-electron chi connectivity index (χ4n) is 1.86. The molecule has 0 saturated carbocycles. The average molecular weight is 244 g/mol. The highest BCUT2D eigenvalue weighted by Gasteiger charge is 2.28. The van der Waals surface area contributed by atoms with Crippen molar-refractivity contribution in [3.05, 3.63) is 42.0 Å². The second kappa shape index (κ2) is 4.53. The minimum absolute atomic E-state index is 0.0496. The molecule has 2 aromatic rings. The van der Waals surface area contributed by atoms with E-state index in [1.165, 1.54) is 0 Å². The summed E-state index contributed by atoms with van der Waals surface area (Å²) in [7, 11) is 0. The second-order valence-electron chi connectivity index (χ2n) is 5.62. The molecule has 0 fully saturated rings. The molecule has 2 rings (SSSR count). The van der Waals surface area contributed by atoms with Crippen LogP contribution >= 0.6 is 0 Å². The normalized spacial score (nSPS) is 13.6. The van der Waals surface area contributed by atoms with Gasteiger partial charge < -0.3 is 5.73 Å². The van der Waals surface area contributed by atoms with E-state index in [0.717, 1.165) is 17.3 Å². The van der Waals surface area contributed by atoms with E-state index < -0.39 is 0 Å². The lowest BCUT2D eigenvalue weighted by molar-refractivity contribution is 0.312. The number of rotatable bonds is 2. The van der Waals surface area contributed by atoms with Gasteiger partial charge in [0.25, 0.3) is 0 Å². The van der Waals surface area contributed by atoms with Crippen LogP contribution in [0.1, 0.15) is 38.5 Å². The van der Waals surface area contributed by atoms with Gasteiger partial charge in [0.1, 0.15) is 5.82 Å². The van der Waals surface area contributed by atoms with Crippen molar-refractivity contribution in [1.29, 1.82) is 0 Å². The lowest BCUT2D eigenvalue weighted by atomic mass is 9.87. The third-order valence-corrected chi connectivity index (χ3v) is 3.08. The Bertz CT molecular complexity index is 522. The smallest absolute Gasteiger partial charge is 0.155 e. The van der Waals surface area contributed by atoms with E-state index in [1.54, 1.807) is 0 Å². The summed E-state index contributed by atoms with van der Waals surface area (Å²) in [6.45, 7) is 8.27. The molecule has 0 bridgehead atoms. The monoisotopic (exact) mass is 244 g/mol. The Kier molecular flexibility index (Phi) is 3.22.